The van der Waals surface area contributed by atoms with Crippen LogP contribution in [0.1, 0.15) is 41.5 Å². The van der Waals surface area contributed by atoms with Crippen LogP contribution in [0.5, 0.6) is 0 Å². The van der Waals surface area contributed by atoms with Crippen molar-refractivity contribution in [3.05, 3.63) is 0 Å². The minimum absolute atomic E-state index is 0. The largest absolute Gasteiger partial charge is 0.0624 e. The van der Waals surface area contributed by atoms with E-state index in [1.54, 1.807) is 0 Å². The fraction of sp³-hybridized carbons (Fsp3) is 1.00. The molecule has 0 aromatic rings. The van der Waals surface area contributed by atoms with E-state index in [2.05, 4.69) is 41.5 Å². The maximum Gasteiger partial charge on any atom is 0.0624 e. The molecule has 0 fully saturated rings. The van der Waals surface area contributed by atoms with Gasteiger partial charge >= 0.3 is 0 Å². The van der Waals surface area contributed by atoms with Gasteiger partial charge in [0.15, 0.2) is 0 Å². The molecule has 0 unspecified atom stereocenters. The van der Waals surface area contributed by atoms with Gasteiger partial charge < -0.3 is 0 Å². The standard InChI is InChI=1S/C9H21P.Au/c1-7(2)10(8(3)4)9(5)6;/h7-9H,1-6H3;/p+1. The van der Waals surface area contributed by atoms with Gasteiger partial charge in [0.05, 0.1) is 17.0 Å². The van der Waals surface area contributed by atoms with Crippen LogP contribution in [0.25, 0.3) is 0 Å². The summed E-state index contributed by atoms with van der Waals surface area (Å²) < 4.78 is 0. The Kier molecular flexibility index (Phi) is 8.89. The Labute approximate surface area is 88.8 Å². The summed E-state index contributed by atoms with van der Waals surface area (Å²) in [6, 6.07) is 0. The van der Waals surface area contributed by atoms with E-state index in [4.69, 9.17) is 0 Å². The molecule has 0 aliphatic carbocycles. The Bertz CT molecular complexity index is 70.5. The average molecular weight is 358 g/mol. The summed E-state index contributed by atoms with van der Waals surface area (Å²) in [4.78, 5) is 0. The molecule has 0 rings (SSSR count). The second kappa shape index (κ2) is 6.66. The van der Waals surface area contributed by atoms with Crippen LogP contribution in [0.15, 0.2) is 0 Å². The van der Waals surface area contributed by atoms with Gasteiger partial charge in [-0.1, -0.05) is 0 Å². The van der Waals surface area contributed by atoms with Crippen molar-refractivity contribution < 1.29 is 22.4 Å². The number of hydrogen-bond donors (Lipinski definition) is 0. The Hall–Kier alpha value is 1.17. The summed E-state index contributed by atoms with van der Waals surface area (Å²) in [5.41, 5.74) is 2.81. The van der Waals surface area contributed by atoms with Crippen molar-refractivity contribution in [1.82, 2.24) is 0 Å². The molecular weight excluding hydrogens is 336 g/mol. The van der Waals surface area contributed by atoms with Crippen LogP contribution in [-0.2, 0) is 22.4 Å². The molecule has 0 saturated carbocycles. The van der Waals surface area contributed by atoms with Crippen LogP contribution in [-0.4, -0.2) is 17.0 Å². The Balaban J connectivity index is 0. The van der Waals surface area contributed by atoms with Gasteiger partial charge in [-0.3, -0.25) is 0 Å². The van der Waals surface area contributed by atoms with E-state index in [9.17, 15) is 0 Å². The Morgan fingerprint density at radius 1 is 0.636 bits per heavy atom. The smallest absolute Gasteiger partial charge is 0.0287 e. The molecule has 73 valence electrons. The van der Waals surface area contributed by atoms with Crippen LogP contribution in [0, 0.1) is 0 Å². The van der Waals surface area contributed by atoms with Crippen molar-refractivity contribution in [1.29, 1.82) is 0 Å². The fourth-order valence-corrected chi connectivity index (χ4v) is 6.00. The zero-order valence-corrected chi connectivity index (χ0v) is 11.7. The molecule has 0 aromatic carbocycles. The quantitative estimate of drug-likeness (QED) is 0.536. The molecule has 0 nitrogen and oxygen atoms in total. The van der Waals surface area contributed by atoms with Gasteiger partial charge in [0, 0.05) is 30.3 Å². The SMILES string of the molecule is CC(C)[PH+](C(C)C)C(C)C.[Au]. The van der Waals surface area contributed by atoms with E-state index in [0.717, 1.165) is 17.0 Å². The summed E-state index contributed by atoms with van der Waals surface area (Å²) >= 11 is 0. The number of rotatable bonds is 3. The van der Waals surface area contributed by atoms with Crippen LogP contribution >= 0.6 is 7.92 Å². The van der Waals surface area contributed by atoms with E-state index in [1.807, 2.05) is 0 Å². The number of hydrogen-bond acceptors (Lipinski definition) is 0. The second-order valence-electron chi connectivity index (χ2n) is 3.96. The summed E-state index contributed by atoms with van der Waals surface area (Å²) in [5.74, 6) is 0. The van der Waals surface area contributed by atoms with Gasteiger partial charge in [-0.05, 0) is 41.5 Å². The zero-order valence-electron chi connectivity index (χ0n) is 8.53. The van der Waals surface area contributed by atoms with Crippen LogP contribution in [0.4, 0.5) is 0 Å². The van der Waals surface area contributed by atoms with Gasteiger partial charge in [0.2, 0.25) is 0 Å². The molecule has 1 radical (unpaired) electrons. The average Bonchev–Trinajstić information content (AvgIpc) is 1.59. The molecule has 0 aliphatic heterocycles. The van der Waals surface area contributed by atoms with E-state index < -0.39 is 0 Å². The summed E-state index contributed by atoms with van der Waals surface area (Å²) in [7, 11) is -0.0957. The van der Waals surface area contributed by atoms with E-state index in [0.29, 0.717) is 0 Å². The van der Waals surface area contributed by atoms with Gasteiger partial charge in [0.25, 0.3) is 0 Å². The predicted molar refractivity (Wildman–Crippen MR) is 53.7 cm³/mol. The van der Waals surface area contributed by atoms with Crippen LogP contribution in [0.3, 0.4) is 0 Å². The van der Waals surface area contributed by atoms with Gasteiger partial charge in [0.1, 0.15) is 0 Å². The van der Waals surface area contributed by atoms with Crippen molar-refractivity contribution in [3.63, 3.8) is 0 Å². The first-order chi connectivity index (χ1) is 4.46. The van der Waals surface area contributed by atoms with E-state index in [1.165, 1.54) is 0 Å². The first-order valence-electron chi connectivity index (χ1n) is 4.33. The van der Waals surface area contributed by atoms with Crippen molar-refractivity contribution in [2.75, 3.05) is 0 Å². The minimum Gasteiger partial charge on any atom is -0.0287 e. The third kappa shape index (κ3) is 5.42. The normalized spacial score (nSPS) is 11.5. The monoisotopic (exact) mass is 358 g/mol. The molecule has 2 heteroatoms. The maximum absolute atomic E-state index is 2.37. The molecule has 0 aromatic heterocycles. The van der Waals surface area contributed by atoms with Gasteiger partial charge in [-0.2, -0.15) is 0 Å². The van der Waals surface area contributed by atoms with Crippen LogP contribution in [0.2, 0.25) is 0 Å². The van der Waals surface area contributed by atoms with E-state index in [-0.39, 0.29) is 30.3 Å². The Morgan fingerprint density at radius 2 is 0.818 bits per heavy atom. The topological polar surface area (TPSA) is 0 Å². The van der Waals surface area contributed by atoms with Crippen molar-refractivity contribution in [2.24, 2.45) is 0 Å². The van der Waals surface area contributed by atoms with Crippen molar-refractivity contribution in [3.8, 4) is 0 Å². The first-order valence-corrected chi connectivity index (χ1v) is 6.06. The van der Waals surface area contributed by atoms with Crippen molar-refractivity contribution in [2.45, 2.75) is 58.5 Å². The zero-order chi connectivity index (χ0) is 8.31. The first kappa shape index (κ1) is 14.7. The fourth-order valence-electron chi connectivity index (χ4n) is 2.00. The van der Waals surface area contributed by atoms with Gasteiger partial charge in [-0.15, -0.1) is 0 Å². The van der Waals surface area contributed by atoms with Gasteiger partial charge in [-0.25, -0.2) is 0 Å². The van der Waals surface area contributed by atoms with Crippen LogP contribution < -0.4 is 0 Å². The summed E-state index contributed by atoms with van der Waals surface area (Å²) in [6.07, 6.45) is 0. The second-order valence-corrected chi connectivity index (χ2v) is 8.43. The molecule has 0 amide bonds. The molecule has 0 aliphatic rings. The third-order valence-corrected chi connectivity index (χ3v) is 6.00. The Morgan fingerprint density at radius 3 is 0.818 bits per heavy atom. The molecule has 11 heavy (non-hydrogen) atoms. The molecular formula is C9H22AuP+. The molecule has 0 heterocycles. The molecule has 0 N–H and O–H groups in total. The van der Waals surface area contributed by atoms with Crippen molar-refractivity contribution >= 4 is 7.92 Å². The minimum atomic E-state index is -0.0957. The maximum atomic E-state index is 2.37. The third-order valence-electron chi connectivity index (χ3n) is 2.00. The molecule has 0 spiro atoms. The summed E-state index contributed by atoms with van der Waals surface area (Å²) in [6.45, 7) is 14.2. The molecule has 0 bridgehead atoms. The molecule has 0 saturated heterocycles. The summed E-state index contributed by atoms with van der Waals surface area (Å²) in [5, 5.41) is 0. The van der Waals surface area contributed by atoms with E-state index >= 15 is 0 Å². The molecule has 0 atom stereocenters. The predicted octanol–water partition coefficient (Wildman–Crippen LogP) is 3.42.